The molecule has 3 rings (SSSR count). The Hall–Kier alpha value is -1.51. The SMILES string of the molecule is Cc1cc2c(c(-c3cccc(Cl)c3)c1)OC(CN)C2. The minimum absolute atomic E-state index is 0.0923. The molecule has 0 saturated heterocycles. The maximum atomic E-state index is 6.08. The first-order chi connectivity index (χ1) is 9.17. The van der Waals surface area contributed by atoms with Crippen molar-refractivity contribution in [1.29, 1.82) is 0 Å². The van der Waals surface area contributed by atoms with Gasteiger partial charge in [0.15, 0.2) is 0 Å². The number of aryl methyl sites for hydroxylation is 1. The molecule has 2 aromatic carbocycles. The van der Waals surface area contributed by atoms with Crippen LogP contribution in [0.15, 0.2) is 36.4 Å². The number of nitrogens with two attached hydrogens (primary N) is 1. The summed E-state index contributed by atoms with van der Waals surface area (Å²) in [5.74, 6) is 0.961. The Bertz CT molecular complexity index is 624. The minimum Gasteiger partial charge on any atom is -0.488 e. The van der Waals surface area contributed by atoms with E-state index in [0.29, 0.717) is 6.54 Å². The number of fused-ring (bicyclic) bond motifs is 1. The molecule has 0 amide bonds. The maximum absolute atomic E-state index is 6.08. The van der Waals surface area contributed by atoms with Gasteiger partial charge in [0.25, 0.3) is 0 Å². The summed E-state index contributed by atoms with van der Waals surface area (Å²) < 4.78 is 5.97. The molecule has 2 nitrogen and oxygen atoms in total. The Balaban J connectivity index is 2.13. The lowest BCUT2D eigenvalue weighted by atomic mass is 9.98. The fraction of sp³-hybridized carbons (Fsp3) is 0.250. The highest BCUT2D eigenvalue weighted by Gasteiger charge is 2.25. The first-order valence-electron chi connectivity index (χ1n) is 6.43. The fourth-order valence-electron chi connectivity index (χ4n) is 2.59. The predicted molar refractivity (Wildman–Crippen MR) is 78.8 cm³/mol. The van der Waals surface area contributed by atoms with Gasteiger partial charge in [-0.25, -0.2) is 0 Å². The lowest BCUT2D eigenvalue weighted by molar-refractivity contribution is 0.242. The Labute approximate surface area is 118 Å². The zero-order valence-corrected chi connectivity index (χ0v) is 11.6. The molecular formula is C16H16ClNO. The van der Waals surface area contributed by atoms with Gasteiger partial charge in [-0.2, -0.15) is 0 Å². The first kappa shape index (κ1) is 12.5. The summed E-state index contributed by atoms with van der Waals surface area (Å²) in [6, 6.07) is 12.2. The summed E-state index contributed by atoms with van der Waals surface area (Å²) in [5.41, 5.74) is 10.4. The van der Waals surface area contributed by atoms with Crippen LogP contribution in [-0.4, -0.2) is 12.6 Å². The molecule has 3 heteroatoms. The summed E-state index contributed by atoms with van der Waals surface area (Å²) >= 11 is 6.08. The number of ether oxygens (including phenoxy) is 1. The standard InChI is InChI=1S/C16H16ClNO/c1-10-5-12-8-14(9-18)19-16(12)15(6-10)11-3-2-4-13(17)7-11/h2-7,14H,8-9,18H2,1H3. The second-order valence-electron chi connectivity index (χ2n) is 4.99. The van der Waals surface area contributed by atoms with E-state index < -0.39 is 0 Å². The van der Waals surface area contributed by atoms with Crippen LogP contribution in [0.1, 0.15) is 11.1 Å². The Kier molecular flexibility index (Phi) is 3.21. The van der Waals surface area contributed by atoms with Crippen LogP contribution in [0.3, 0.4) is 0 Å². The van der Waals surface area contributed by atoms with E-state index >= 15 is 0 Å². The molecule has 1 atom stereocenters. The summed E-state index contributed by atoms with van der Waals surface area (Å²) in [6.45, 7) is 2.65. The van der Waals surface area contributed by atoms with Crippen molar-refractivity contribution in [3.05, 3.63) is 52.5 Å². The predicted octanol–water partition coefficient (Wildman–Crippen LogP) is 3.58. The van der Waals surface area contributed by atoms with Gasteiger partial charge in [0, 0.05) is 23.6 Å². The normalized spacial score (nSPS) is 17.1. The number of benzene rings is 2. The molecule has 19 heavy (non-hydrogen) atoms. The van der Waals surface area contributed by atoms with Crippen molar-refractivity contribution in [3.8, 4) is 16.9 Å². The van der Waals surface area contributed by atoms with Crippen LogP contribution in [-0.2, 0) is 6.42 Å². The van der Waals surface area contributed by atoms with Crippen molar-refractivity contribution < 1.29 is 4.74 Å². The molecule has 1 unspecified atom stereocenters. The maximum Gasteiger partial charge on any atom is 0.130 e. The van der Waals surface area contributed by atoms with E-state index in [1.807, 2.05) is 18.2 Å². The van der Waals surface area contributed by atoms with Gasteiger partial charge in [0.1, 0.15) is 11.9 Å². The second kappa shape index (κ2) is 4.87. The number of rotatable bonds is 2. The molecule has 0 aliphatic carbocycles. The van der Waals surface area contributed by atoms with Gasteiger partial charge in [-0.3, -0.25) is 0 Å². The van der Waals surface area contributed by atoms with Crippen LogP contribution in [0.5, 0.6) is 5.75 Å². The molecule has 1 aliphatic heterocycles. The van der Waals surface area contributed by atoms with Crippen LogP contribution in [0, 0.1) is 6.92 Å². The summed E-state index contributed by atoms with van der Waals surface area (Å²) in [6.07, 6.45) is 0.982. The molecule has 0 aromatic heterocycles. The van der Waals surface area contributed by atoms with Gasteiger partial charge < -0.3 is 10.5 Å². The van der Waals surface area contributed by atoms with E-state index in [1.165, 1.54) is 11.1 Å². The molecule has 0 radical (unpaired) electrons. The summed E-state index contributed by atoms with van der Waals surface area (Å²) in [4.78, 5) is 0. The van der Waals surface area contributed by atoms with Crippen molar-refractivity contribution in [2.24, 2.45) is 5.73 Å². The largest absolute Gasteiger partial charge is 0.488 e. The molecule has 0 saturated carbocycles. The number of hydrogen-bond donors (Lipinski definition) is 1. The van der Waals surface area contributed by atoms with Crippen LogP contribution in [0.25, 0.3) is 11.1 Å². The molecule has 1 aliphatic rings. The zero-order chi connectivity index (χ0) is 13.4. The smallest absolute Gasteiger partial charge is 0.130 e. The van der Waals surface area contributed by atoms with E-state index in [0.717, 1.165) is 28.3 Å². The van der Waals surface area contributed by atoms with Gasteiger partial charge >= 0.3 is 0 Å². The minimum atomic E-state index is 0.0923. The van der Waals surface area contributed by atoms with Crippen molar-refractivity contribution in [1.82, 2.24) is 0 Å². The number of hydrogen-bond acceptors (Lipinski definition) is 2. The van der Waals surface area contributed by atoms with Crippen LogP contribution in [0.4, 0.5) is 0 Å². The molecule has 2 aromatic rings. The zero-order valence-electron chi connectivity index (χ0n) is 10.8. The summed E-state index contributed by atoms with van der Waals surface area (Å²) in [7, 11) is 0. The monoisotopic (exact) mass is 273 g/mol. The third-order valence-corrected chi connectivity index (χ3v) is 3.68. The highest BCUT2D eigenvalue weighted by molar-refractivity contribution is 6.30. The highest BCUT2D eigenvalue weighted by Crippen LogP contribution is 2.40. The molecule has 0 bridgehead atoms. The van der Waals surface area contributed by atoms with Crippen LogP contribution < -0.4 is 10.5 Å². The van der Waals surface area contributed by atoms with Gasteiger partial charge in [0.2, 0.25) is 0 Å². The van der Waals surface area contributed by atoms with Gasteiger partial charge in [0.05, 0.1) is 0 Å². The molecule has 98 valence electrons. The summed E-state index contributed by atoms with van der Waals surface area (Å²) in [5, 5.41) is 0.737. The third kappa shape index (κ3) is 2.34. The van der Waals surface area contributed by atoms with Crippen LogP contribution >= 0.6 is 11.6 Å². The van der Waals surface area contributed by atoms with E-state index in [9.17, 15) is 0 Å². The Morgan fingerprint density at radius 3 is 2.89 bits per heavy atom. The van der Waals surface area contributed by atoms with E-state index in [2.05, 4.69) is 25.1 Å². The van der Waals surface area contributed by atoms with Crippen molar-refractivity contribution >= 4 is 11.6 Å². The van der Waals surface area contributed by atoms with Gasteiger partial charge in [-0.1, -0.05) is 29.8 Å². The molecule has 0 fully saturated rings. The van der Waals surface area contributed by atoms with Gasteiger partial charge in [-0.05, 0) is 41.8 Å². The Morgan fingerprint density at radius 1 is 1.32 bits per heavy atom. The van der Waals surface area contributed by atoms with Crippen LogP contribution in [0.2, 0.25) is 5.02 Å². The average molecular weight is 274 g/mol. The van der Waals surface area contributed by atoms with Crippen molar-refractivity contribution in [2.75, 3.05) is 6.54 Å². The Morgan fingerprint density at radius 2 is 2.16 bits per heavy atom. The fourth-order valence-corrected chi connectivity index (χ4v) is 2.78. The van der Waals surface area contributed by atoms with E-state index in [4.69, 9.17) is 22.1 Å². The second-order valence-corrected chi connectivity index (χ2v) is 5.43. The quantitative estimate of drug-likeness (QED) is 0.908. The molecule has 0 spiro atoms. The highest BCUT2D eigenvalue weighted by atomic mass is 35.5. The van der Waals surface area contributed by atoms with E-state index in [1.54, 1.807) is 0 Å². The van der Waals surface area contributed by atoms with Gasteiger partial charge in [-0.15, -0.1) is 0 Å². The molecule has 2 N–H and O–H groups in total. The van der Waals surface area contributed by atoms with E-state index in [-0.39, 0.29) is 6.10 Å². The molecular weight excluding hydrogens is 258 g/mol. The first-order valence-corrected chi connectivity index (χ1v) is 6.81. The van der Waals surface area contributed by atoms with Crippen molar-refractivity contribution in [2.45, 2.75) is 19.4 Å². The average Bonchev–Trinajstić information content (AvgIpc) is 2.80. The molecule has 1 heterocycles. The van der Waals surface area contributed by atoms with Crippen molar-refractivity contribution in [3.63, 3.8) is 0 Å². The lowest BCUT2D eigenvalue weighted by Gasteiger charge is -2.12. The third-order valence-electron chi connectivity index (χ3n) is 3.44. The topological polar surface area (TPSA) is 35.2 Å². The lowest BCUT2D eigenvalue weighted by Crippen LogP contribution is -2.24. The number of halogens is 1.